The third-order valence-electron chi connectivity index (χ3n) is 2.89. The summed E-state index contributed by atoms with van der Waals surface area (Å²) in [7, 11) is -3.62. The van der Waals surface area contributed by atoms with Gasteiger partial charge in [0, 0.05) is 17.6 Å². The first-order valence-corrected chi connectivity index (χ1v) is 8.85. The van der Waals surface area contributed by atoms with Gasteiger partial charge in [-0.1, -0.05) is 13.8 Å². The van der Waals surface area contributed by atoms with E-state index in [2.05, 4.69) is 32.5 Å². The van der Waals surface area contributed by atoms with Crippen LogP contribution in [0.4, 0.5) is 4.39 Å². The van der Waals surface area contributed by atoms with E-state index in [0.717, 1.165) is 31.6 Å². The minimum absolute atomic E-state index is 0.0532. The molecule has 0 fully saturated rings. The number of hydrogen-bond acceptors (Lipinski definition) is 3. The first-order chi connectivity index (χ1) is 9.40. The van der Waals surface area contributed by atoms with Crippen molar-refractivity contribution in [2.24, 2.45) is 0 Å². The molecular weight excluding hydrogens is 347 g/mol. The highest BCUT2D eigenvalue weighted by molar-refractivity contribution is 9.10. The zero-order chi connectivity index (χ0) is 15.2. The molecular formula is C13H20BrFN2O2S. The van der Waals surface area contributed by atoms with E-state index in [1.54, 1.807) is 0 Å². The molecule has 0 amide bonds. The van der Waals surface area contributed by atoms with Gasteiger partial charge in [-0.3, -0.25) is 0 Å². The Morgan fingerprint density at radius 3 is 2.55 bits per heavy atom. The normalized spacial score (nSPS) is 12.1. The van der Waals surface area contributed by atoms with E-state index in [9.17, 15) is 12.8 Å². The third kappa shape index (κ3) is 5.12. The van der Waals surface area contributed by atoms with Gasteiger partial charge in [0.1, 0.15) is 5.82 Å². The lowest BCUT2D eigenvalue weighted by Crippen LogP contribution is -2.35. The van der Waals surface area contributed by atoms with Crippen LogP contribution in [0.25, 0.3) is 0 Å². The Bertz CT molecular complexity index is 537. The van der Waals surface area contributed by atoms with Gasteiger partial charge in [0.15, 0.2) is 0 Å². The molecule has 4 nitrogen and oxygen atoms in total. The lowest BCUT2D eigenvalue weighted by atomic mass is 10.3. The number of nitrogens with one attached hydrogen (secondary N) is 1. The van der Waals surface area contributed by atoms with Gasteiger partial charge >= 0.3 is 0 Å². The zero-order valence-electron chi connectivity index (χ0n) is 11.7. The van der Waals surface area contributed by atoms with Crippen molar-refractivity contribution in [2.75, 3.05) is 26.2 Å². The van der Waals surface area contributed by atoms with Crippen LogP contribution < -0.4 is 4.72 Å². The number of benzene rings is 1. The summed E-state index contributed by atoms with van der Waals surface area (Å²) in [5.41, 5.74) is 0. The topological polar surface area (TPSA) is 49.4 Å². The smallest absolute Gasteiger partial charge is 0.241 e. The quantitative estimate of drug-likeness (QED) is 0.769. The molecule has 0 unspecified atom stereocenters. The highest BCUT2D eigenvalue weighted by atomic mass is 79.9. The molecule has 0 aliphatic heterocycles. The number of rotatable bonds is 8. The van der Waals surface area contributed by atoms with Crippen LogP contribution in [-0.4, -0.2) is 39.5 Å². The molecule has 0 aliphatic carbocycles. The molecule has 0 heterocycles. The molecule has 0 spiro atoms. The Labute approximate surface area is 128 Å². The van der Waals surface area contributed by atoms with Crippen molar-refractivity contribution in [3.63, 3.8) is 0 Å². The molecule has 0 bridgehead atoms. The lowest BCUT2D eigenvalue weighted by molar-refractivity contribution is 0.293. The van der Waals surface area contributed by atoms with Gasteiger partial charge in [-0.2, -0.15) is 0 Å². The van der Waals surface area contributed by atoms with Crippen LogP contribution in [0.5, 0.6) is 0 Å². The van der Waals surface area contributed by atoms with Crippen LogP contribution >= 0.6 is 15.9 Å². The van der Waals surface area contributed by atoms with Crippen LogP contribution in [0, 0.1) is 5.82 Å². The van der Waals surface area contributed by atoms with Crippen molar-refractivity contribution in [2.45, 2.75) is 25.2 Å². The number of halogens is 2. The van der Waals surface area contributed by atoms with Gasteiger partial charge in [-0.15, -0.1) is 0 Å². The maximum Gasteiger partial charge on any atom is 0.241 e. The Balaban J connectivity index is 2.66. The first kappa shape index (κ1) is 17.6. The molecule has 0 aromatic heterocycles. The van der Waals surface area contributed by atoms with Crippen LogP contribution in [-0.2, 0) is 10.0 Å². The average Bonchev–Trinajstić information content (AvgIpc) is 2.37. The number of likely N-dealkylation sites (N-methyl/N-ethyl adjacent to an activating group) is 1. The standard InChI is InChI=1S/C13H20BrFN2O2S/c1-3-8-17(4-2)9-7-16-20(18,19)13-6-5-11(15)10-12(13)14/h5-6,10,16H,3-4,7-9H2,1-2H3. The summed E-state index contributed by atoms with van der Waals surface area (Å²) >= 11 is 3.07. The van der Waals surface area contributed by atoms with Gasteiger partial charge in [-0.05, 0) is 53.6 Å². The van der Waals surface area contributed by atoms with Gasteiger partial charge in [0.25, 0.3) is 0 Å². The Morgan fingerprint density at radius 1 is 1.30 bits per heavy atom. The molecule has 0 saturated carbocycles. The van der Waals surface area contributed by atoms with E-state index in [0.29, 0.717) is 13.1 Å². The monoisotopic (exact) mass is 366 g/mol. The van der Waals surface area contributed by atoms with Crippen LogP contribution in [0.1, 0.15) is 20.3 Å². The van der Waals surface area contributed by atoms with E-state index >= 15 is 0 Å². The maximum atomic E-state index is 13.0. The van der Waals surface area contributed by atoms with Crippen LogP contribution in [0.15, 0.2) is 27.6 Å². The Kier molecular flexibility index (Phi) is 7.08. The summed E-state index contributed by atoms with van der Waals surface area (Å²) < 4.78 is 40.0. The highest BCUT2D eigenvalue weighted by Gasteiger charge is 2.17. The molecule has 1 N–H and O–H groups in total. The fourth-order valence-corrected chi connectivity index (χ4v) is 3.92. The molecule has 114 valence electrons. The van der Waals surface area contributed by atoms with Gasteiger partial charge in [0.05, 0.1) is 4.90 Å². The SMILES string of the molecule is CCCN(CC)CCNS(=O)(=O)c1ccc(F)cc1Br. The molecule has 1 rings (SSSR count). The van der Waals surface area contributed by atoms with Crippen molar-refractivity contribution < 1.29 is 12.8 Å². The zero-order valence-corrected chi connectivity index (χ0v) is 14.1. The van der Waals surface area contributed by atoms with E-state index in [-0.39, 0.29) is 9.37 Å². The first-order valence-electron chi connectivity index (χ1n) is 6.57. The molecule has 1 aromatic carbocycles. The van der Waals surface area contributed by atoms with E-state index in [1.165, 1.54) is 6.07 Å². The van der Waals surface area contributed by atoms with Crippen molar-refractivity contribution in [3.8, 4) is 0 Å². The second kappa shape index (κ2) is 8.07. The number of nitrogens with zero attached hydrogens (tertiary/aromatic N) is 1. The van der Waals surface area contributed by atoms with Crippen molar-refractivity contribution in [3.05, 3.63) is 28.5 Å². The third-order valence-corrected chi connectivity index (χ3v) is 5.33. The molecule has 0 saturated heterocycles. The Morgan fingerprint density at radius 2 is 2.00 bits per heavy atom. The van der Waals surface area contributed by atoms with E-state index < -0.39 is 15.8 Å². The van der Waals surface area contributed by atoms with Crippen molar-refractivity contribution in [1.82, 2.24) is 9.62 Å². The fourth-order valence-electron chi connectivity index (χ4n) is 1.85. The minimum Gasteiger partial charge on any atom is -0.302 e. The molecule has 20 heavy (non-hydrogen) atoms. The Hall–Kier alpha value is -0.500. The summed E-state index contributed by atoms with van der Waals surface area (Å²) in [6.07, 6.45) is 1.03. The largest absolute Gasteiger partial charge is 0.302 e. The average molecular weight is 367 g/mol. The molecule has 7 heteroatoms. The summed E-state index contributed by atoms with van der Waals surface area (Å²) in [5.74, 6) is -0.476. The number of hydrogen-bond donors (Lipinski definition) is 1. The molecule has 0 radical (unpaired) electrons. The highest BCUT2D eigenvalue weighted by Crippen LogP contribution is 2.22. The van der Waals surface area contributed by atoms with Crippen molar-refractivity contribution in [1.29, 1.82) is 0 Å². The van der Waals surface area contributed by atoms with E-state index in [1.807, 2.05) is 6.92 Å². The van der Waals surface area contributed by atoms with Crippen LogP contribution in [0.2, 0.25) is 0 Å². The molecule has 1 aromatic rings. The second-order valence-corrected chi connectivity index (χ2v) is 7.00. The number of sulfonamides is 1. The fraction of sp³-hybridized carbons (Fsp3) is 0.538. The van der Waals surface area contributed by atoms with Gasteiger partial charge < -0.3 is 4.90 Å². The summed E-state index contributed by atoms with van der Waals surface area (Å²) in [5, 5.41) is 0. The van der Waals surface area contributed by atoms with E-state index in [4.69, 9.17) is 0 Å². The predicted molar refractivity (Wildman–Crippen MR) is 81.7 cm³/mol. The van der Waals surface area contributed by atoms with Gasteiger partial charge in [-0.25, -0.2) is 17.5 Å². The second-order valence-electron chi connectivity index (χ2n) is 4.41. The lowest BCUT2D eigenvalue weighted by Gasteiger charge is -2.19. The minimum atomic E-state index is -3.62. The molecule has 0 aliphatic rings. The van der Waals surface area contributed by atoms with Crippen LogP contribution in [0.3, 0.4) is 0 Å². The molecule has 0 atom stereocenters. The summed E-state index contributed by atoms with van der Waals surface area (Å²) in [4.78, 5) is 2.22. The van der Waals surface area contributed by atoms with Crippen molar-refractivity contribution >= 4 is 26.0 Å². The van der Waals surface area contributed by atoms with Gasteiger partial charge in [0.2, 0.25) is 10.0 Å². The summed E-state index contributed by atoms with van der Waals surface area (Å²) in [6, 6.07) is 3.53. The predicted octanol–water partition coefficient (Wildman–Crippen LogP) is 2.60. The summed E-state index contributed by atoms with van der Waals surface area (Å²) in [6.45, 7) is 6.94. The maximum absolute atomic E-state index is 13.0.